The molecule has 6 heteroatoms. The smallest absolute Gasteiger partial charge is 0.338 e. The molecule has 5 nitrogen and oxygen atoms in total. The number of ether oxygens (including phenoxy) is 2. The van der Waals surface area contributed by atoms with E-state index >= 15 is 0 Å². The van der Waals surface area contributed by atoms with Gasteiger partial charge in [-0.05, 0) is 57.4 Å². The first-order valence-corrected chi connectivity index (χ1v) is 8.89. The van der Waals surface area contributed by atoms with Crippen LogP contribution in [0.3, 0.4) is 0 Å². The van der Waals surface area contributed by atoms with Crippen LogP contribution in [0.2, 0.25) is 0 Å². The van der Waals surface area contributed by atoms with Crippen LogP contribution in [-0.4, -0.2) is 28.8 Å². The van der Waals surface area contributed by atoms with E-state index in [4.69, 9.17) is 9.47 Å². The zero-order valence-corrected chi connectivity index (χ0v) is 14.9. The van der Waals surface area contributed by atoms with Crippen LogP contribution in [0.4, 0.5) is 0 Å². The van der Waals surface area contributed by atoms with E-state index in [1.54, 1.807) is 0 Å². The Hall–Kier alpha value is -1.92. The Kier molecular flexibility index (Phi) is 4.87. The number of carboxylic acid groups (broad SMARTS) is 1. The zero-order valence-electron chi connectivity index (χ0n) is 14.0. The Morgan fingerprint density at radius 3 is 2.92 bits per heavy atom. The molecular weight excluding hydrogens is 326 g/mol. The first kappa shape index (κ1) is 16.9. The molecule has 2 aromatic rings. The number of carbonyl (C=O) groups is 1. The number of thiazole rings is 1. The molecule has 1 aromatic carbocycles. The summed E-state index contributed by atoms with van der Waals surface area (Å²) in [5.41, 5.74) is 2.75. The maximum atomic E-state index is 11.7. The van der Waals surface area contributed by atoms with Crippen molar-refractivity contribution in [2.24, 2.45) is 0 Å². The second-order valence-electron chi connectivity index (χ2n) is 6.12. The van der Waals surface area contributed by atoms with Crippen LogP contribution in [0.5, 0.6) is 5.75 Å². The molecule has 0 saturated heterocycles. The highest BCUT2D eigenvalue weighted by Gasteiger charge is 2.29. The van der Waals surface area contributed by atoms with Crippen LogP contribution in [0.15, 0.2) is 18.2 Å². The molecule has 0 bridgehead atoms. The number of carboxylic acids is 1. The second kappa shape index (κ2) is 6.91. The highest BCUT2D eigenvalue weighted by molar-refractivity contribution is 7.12. The Labute approximate surface area is 145 Å². The molecule has 24 heavy (non-hydrogen) atoms. The first-order chi connectivity index (χ1) is 11.5. The fourth-order valence-electron chi connectivity index (χ4n) is 2.84. The molecular formula is C18H21NO4S. The molecule has 1 aromatic heterocycles. The van der Waals surface area contributed by atoms with E-state index in [9.17, 15) is 9.90 Å². The van der Waals surface area contributed by atoms with Crippen LogP contribution >= 0.6 is 11.3 Å². The largest absolute Gasteiger partial charge is 0.493 e. The summed E-state index contributed by atoms with van der Waals surface area (Å²) >= 11 is 1.38. The van der Waals surface area contributed by atoms with Gasteiger partial charge in [0.15, 0.2) is 6.10 Å². The number of hydrogen-bond donors (Lipinski definition) is 1. The lowest BCUT2D eigenvalue weighted by molar-refractivity contribution is -0.153. The predicted molar refractivity (Wildman–Crippen MR) is 92.7 cm³/mol. The van der Waals surface area contributed by atoms with Crippen molar-refractivity contribution in [2.75, 3.05) is 6.61 Å². The molecule has 0 saturated carbocycles. The van der Waals surface area contributed by atoms with Crippen molar-refractivity contribution in [1.82, 2.24) is 4.98 Å². The van der Waals surface area contributed by atoms with Gasteiger partial charge in [0, 0.05) is 5.56 Å². The molecule has 0 aliphatic carbocycles. The van der Waals surface area contributed by atoms with Crippen molar-refractivity contribution in [1.29, 1.82) is 0 Å². The SMILES string of the molecule is Cc1nc(-c2ccc3c(c2)CCCO3)c(C(OC(C)C)C(=O)O)s1. The standard InChI is InChI=1S/C18H21NO4S/c1-10(2)23-16(18(20)21)17-15(19-11(3)24-17)13-6-7-14-12(9-13)5-4-8-22-14/h6-7,9-10,16H,4-5,8H2,1-3H3,(H,20,21). The van der Waals surface area contributed by atoms with E-state index in [2.05, 4.69) is 11.1 Å². The van der Waals surface area contributed by atoms with Gasteiger partial charge in [0.05, 0.1) is 28.3 Å². The van der Waals surface area contributed by atoms with Gasteiger partial charge in [0.1, 0.15) is 5.75 Å². The van der Waals surface area contributed by atoms with Gasteiger partial charge in [-0.1, -0.05) is 0 Å². The van der Waals surface area contributed by atoms with Gasteiger partial charge < -0.3 is 14.6 Å². The lowest BCUT2D eigenvalue weighted by Gasteiger charge is -2.19. The van der Waals surface area contributed by atoms with E-state index < -0.39 is 12.1 Å². The van der Waals surface area contributed by atoms with Crippen molar-refractivity contribution in [3.05, 3.63) is 33.6 Å². The summed E-state index contributed by atoms with van der Waals surface area (Å²) in [7, 11) is 0. The van der Waals surface area contributed by atoms with Gasteiger partial charge in [-0.2, -0.15) is 0 Å². The van der Waals surface area contributed by atoms with Crippen LogP contribution in [0, 0.1) is 6.92 Å². The van der Waals surface area contributed by atoms with Gasteiger partial charge in [0.2, 0.25) is 0 Å². The summed E-state index contributed by atoms with van der Waals surface area (Å²) in [5, 5.41) is 10.4. The summed E-state index contributed by atoms with van der Waals surface area (Å²) in [6.45, 7) is 6.30. The Morgan fingerprint density at radius 2 is 2.21 bits per heavy atom. The molecule has 0 spiro atoms. The molecule has 1 N–H and O–H groups in total. The van der Waals surface area contributed by atoms with Crippen molar-refractivity contribution in [3.63, 3.8) is 0 Å². The number of aliphatic carboxylic acids is 1. The summed E-state index contributed by atoms with van der Waals surface area (Å²) < 4.78 is 11.3. The molecule has 0 amide bonds. The van der Waals surface area contributed by atoms with Crippen LogP contribution in [0.1, 0.15) is 41.8 Å². The van der Waals surface area contributed by atoms with E-state index in [1.807, 2.05) is 32.9 Å². The molecule has 1 atom stereocenters. The van der Waals surface area contributed by atoms with Gasteiger partial charge in [-0.3, -0.25) is 0 Å². The molecule has 2 heterocycles. The maximum absolute atomic E-state index is 11.7. The molecule has 0 fully saturated rings. The summed E-state index contributed by atoms with van der Waals surface area (Å²) in [4.78, 5) is 16.9. The average molecular weight is 347 g/mol. The lowest BCUT2D eigenvalue weighted by atomic mass is 10.0. The number of nitrogens with zero attached hydrogens (tertiary/aromatic N) is 1. The molecule has 3 rings (SSSR count). The van der Waals surface area contributed by atoms with Crippen LogP contribution in [-0.2, 0) is 16.0 Å². The third-order valence-electron chi connectivity index (χ3n) is 3.81. The van der Waals surface area contributed by atoms with E-state index in [0.29, 0.717) is 10.6 Å². The number of aromatic nitrogens is 1. The molecule has 128 valence electrons. The highest BCUT2D eigenvalue weighted by Crippen LogP contribution is 2.37. The normalized spacial score (nSPS) is 15.0. The highest BCUT2D eigenvalue weighted by atomic mass is 32.1. The number of rotatable bonds is 5. The summed E-state index contributed by atoms with van der Waals surface area (Å²) in [6.07, 6.45) is 0.775. The maximum Gasteiger partial charge on any atom is 0.338 e. The van der Waals surface area contributed by atoms with Gasteiger partial charge in [-0.15, -0.1) is 11.3 Å². The Balaban J connectivity index is 2.04. The van der Waals surface area contributed by atoms with Crippen molar-refractivity contribution in [2.45, 2.75) is 45.8 Å². The number of fused-ring (bicyclic) bond motifs is 1. The number of hydrogen-bond acceptors (Lipinski definition) is 5. The minimum Gasteiger partial charge on any atom is -0.493 e. The first-order valence-electron chi connectivity index (χ1n) is 8.07. The topological polar surface area (TPSA) is 68.7 Å². The molecule has 1 unspecified atom stereocenters. The predicted octanol–water partition coefficient (Wildman–Crippen LogP) is 3.99. The average Bonchev–Trinajstić information content (AvgIpc) is 2.93. The minimum absolute atomic E-state index is 0.182. The number of benzene rings is 1. The van der Waals surface area contributed by atoms with E-state index in [0.717, 1.165) is 41.3 Å². The van der Waals surface area contributed by atoms with Gasteiger partial charge in [0.25, 0.3) is 0 Å². The van der Waals surface area contributed by atoms with E-state index in [1.165, 1.54) is 11.3 Å². The van der Waals surface area contributed by atoms with Gasteiger partial charge in [-0.25, -0.2) is 9.78 Å². The third-order valence-corrected chi connectivity index (χ3v) is 4.83. The number of aryl methyl sites for hydroxylation is 2. The third kappa shape index (κ3) is 3.44. The van der Waals surface area contributed by atoms with Crippen LogP contribution < -0.4 is 4.74 Å². The zero-order chi connectivity index (χ0) is 17.3. The Morgan fingerprint density at radius 1 is 1.42 bits per heavy atom. The van der Waals surface area contributed by atoms with Crippen molar-refractivity contribution < 1.29 is 19.4 Å². The quantitative estimate of drug-likeness (QED) is 0.885. The minimum atomic E-state index is -1.00. The monoisotopic (exact) mass is 347 g/mol. The lowest BCUT2D eigenvalue weighted by Crippen LogP contribution is -2.19. The van der Waals surface area contributed by atoms with Crippen molar-refractivity contribution in [3.8, 4) is 17.0 Å². The van der Waals surface area contributed by atoms with E-state index in [-0.39, 0.29) is 6.10 Å². The molecule has 1 aliphatic rings. The fourth-order valence-corrected chi connectivity index (χ4v) is 3.82. The van der Waals surface area contributed by atoms with Crippen LogP contribution in [0.25, 0.3) is 11.3 Å². The molecule has 0 radical (unpaired) electrons. The second-order valence-corrected chi connectivity index (χ2v) is 7.36. The molecule has 1 aliphatic heterocycles. The summed E-state index contributed by atoms with van der Waals surface area (Å²) in [5.74, 6) is -0.0818. The van der Waals surface area contributed by atoms with Gasteiger partial charge >= 0.3 is 5.97 Å². The summed E-state index contributed by atoms with van der Waals surface area (Å²) in [6, 6.07) is 5.94. The fraction of sp³-hybridized carbons (Fsp3) is 0.444. The Bertz CT molecular complexity index is 753. The van der Waals surface area contributed by atoms with Crippen molar-refractivity contribution >= 4 is 17.3 Å².